The molecule has 35 heavy (non-hydrogen) atoms. The normalized spacial score (nSPS) is 13.8. The molecule has 1 N–H and O–H groups in total. The highest BCUT2D eigenvalue weighted by Crippen LogP contribution is 2.27. The van der Waals surface area contributed by atoms with Crippen molar-refractivity contribution in [1.82, 2.24) is 19.7 Å². The van der Waals surface area contributed by atoms with E-state index < -0.39 is 9.84 Å². The summed E-state index contributed by atoms with van der Waals surface area (Å²) in [6.45, 7) is 0. The number of H-pyrrole nitrogens is 1. The lowest BCUT2D eigenvalue weighted by Gasteiger charge is -2.21. The number of aromatic amines is 1. The summed E-state index contributed by atoms with van der Waals surface area (Å²) in [5, 5.41) is 10.9. The molecule has 0 spiro atoms. The summed E-state index contributed by atoms with van der Waals surface area (Å²) in [6.07, 6.45) is 6.20. The van der Waals surface area contributed by atoms with E-state index in [0.29, 0.717) is 23.1 Å². The Balaban J connectivity index is 1.35. The summed E-state index contributed by atoms with van der Waals surface area (Å²) in [6, 6.07) is 25.7. The fraction of sp³-hybridized carbons (Fsp3) is 0.0385. The second kappa shape index (κ2) is 8.37. The second-order valence-electron chi connectivity index (χ2n) is 8.00. The van der Waals surface area contributed by atoms with Crippen LogP contribution in [0.5, 0.6) is 0 Å². The number of aromatic nitrogens is 4. The Kier molecular flexibility index (Phi) is 5.04. The molecule has 3 heterocycles. The lowest BCUT2D eigenvalue weighted by Crippen LogP contribution is -2.19. The van der Waals surface area contributed by atoms with Crippen LogP contribution >= 0.6 is 0 Å². The number of nitrogens with zero attached hydrogens (tertiary/aromatic N) is 5. The van der Waals surface area contributed by atoms with E-state index in [2.05, 4.69) is 15.1 Å². The Morgan fingerprint density at radius 3 is 2.51 bits per heavy atom. The zero-order valence-electron chi connectivity index (χ0n) is 18.5. The predicted octanol–water partition coefficient (Wildman–Crippen LogP) is 4.71. The van der Waals surface area contributed by atoms with E-state index in [1.165, 1.54) is 0 Å². The van der Waals surface area contributed by atoms with Crippen LogP contribution in [0.4, 0.5) is 5.69 Å². The third kappa shape index (κ3) is 3.81. The van der Waals surface area contributed by atoms with E-state index in [4.69, 9.17) is 5.10 Å². The first-order valence-corrected chi connectivity index (χ1v) is 12.5. The number of hydrogen-bond donors (Lipinski definition) is 1. The first-order chi connectivity index (χ1) is 17.1. The molecule has 0 fully saturated rings. The van der Waals surface area contributed by atoms with Crippen molar-refractivity contribution in [2.45, 2.75) is 16.5 Å². The lowest BCUT2D eigenvalue weighted by molar-refractivity contribution is 0.589. The Bertz CT molecular complexity index is 1670. The molecule has 0 saturated heterocycles. The molecular formula is C26H20N6O2S. The highest BCUT2D eigenvalue weighted by Gasteiger charge is 2.23. The number of benzene rings is 3. The average molecular weight is 481 g/mol. The van der Waals surface area contributed by atoms with Crippen molar-refractivity contribution in [3.05, 3.63) is 109 Å². The number of nitrogens with one attached hydrogen (secondary N) is 1. The zero-order chi connectivity index (χ0) is 23.8. The molecule has 9 heteroatoms. The molecule has 6 rings (SSSR count). The largest absolute Gasteiger partial charge is 0.328 e. The van der Waals surface area contributed by atoms with Crippen LogP contribution in [0.15, 0.2) is 119 Å². The molecule has 3 aromatic carbocycles. The summed E-state index contributed by atoms with van der Waals surface area (Å²) in [4.78, 5) is 7.33. The number of anilines is 1. The standard InChI is InChI=1S/C26H20N6O2S/c33-35(34,26-28-22-12-4-5-13-23(22)29-26)21-11-6-10-20(18-21)31-17-7-14-24(30-31)25-15-16-27-32(25)19-8-2-1-3-9-19/h1-13,15-18H,14H2,(H,28,29). The van der Waals surface area contributed by atoms with Crippen LogP contribution < -0.4 is 5.01 Å². The summed E-state index contributed by atoms with van der Waals surface area (Å²) < 4.78 is 28.5. The molecule has 0 aliphatic carbocycles. The Morgan fingerprint density at radius 2 is 1.66 bits per heavy atom. The minimum absolute atomic E-state index is 0.0824. The predicted molar refractivity (Wildman–Crippen MR) is 134 cm³/mol. The molecular weight excluding hydrogens is 460 g/mol. The van der Waals surface area contributed by atoms with Crippen LogP contribution in [0, 0.1) is 0 Å². The van der Waals surface area contributed by atoms with Crippen LogP contribution in [0.1, 0.15) is 12.1 Å². The molecule has 172 valence electrons. The van der Waals surface area contributed by atoms with Gasteiger partial charge in [0.05, 0.1) is 44.9 Å². The van der Waals surface area contributed by atoms with E-state index >= 15 is 0 Å². The first kappa shape index (κ1) is 21.1. The number of sulfone groups is 1. The number of para-hydroxylation sites is 3. The number of rotatable bonds is 5. The summed E-state index contributed by atoms with van der Waals surface area (Å²) in [5.41, 5.74) is 4.53. The zero-order valence-corrected chi connectivity index (χ0v) is 19.3. The lowest BCUT2D eigenvalue weighted by atomic mass is 10.1. The van der Waals surface area contributed by atoms with E-state index in [9.17, 15) is 8.42 Å². The Morgan fingerprint density at radius 1 is 0.857 bits per heavy atom. The molecule has 1 aliphatic heterocycles. The summed E-state index contributed by atoms with van der Waals surface area (Å²) in [7, 11) is -3.84. The monoisotopic (exact) mass is 480 g/mol. The van der Waals surface area contributed by atoms with Crippen molar-refractivity contribution in [1.29, 1.82) is 0 Å². The third-order valence-electron chi connectivity index (χ3n) is 5.74. The number of hydrazone groups is 1. The van der Waals surface area contributed by atoms with Gasteiger partial charge >= 0.3 is 0 Å². The molecule has 0 unspecified atom stereocenters. The van der Waals surface area contributed by atoms with Crippen LogP contribution in [0.2, 0.25) is 0 Å². The highest BCUT2D eigenvalue weighted by molar-refractivity contribution is 7.91. The smallest absolute Gasteiger partial charge is 0.239 e. The SMILES string of the molecule is O=S(=O)(c1cccc(N2C=CCC(c3ccnn3-c3ccccc3)=N2)c1)c1nc2ccccc2[nH]1. The van der Waals surface area contributed by atoms with Crippen LogP contribution in [0.25, 0.3) is 16.7 Å². The molecule has 0 saturated carbocycles. The Labute approximate surface area is 201 Å². The van der Waals surface area contributed by atoms with Crippen molar-refractivity contribution in [3.63, 3.8) is 0 Å². The van der Waals surface area contributed by atoms with E-state index in [0.717, 1.165) is 17.1 Å². The maximum Gasteiger partial charge on any atom is 0.239 e. The van der Waals surface area contributed by atoms with Crippen LogP contribution in [0.3, 0.4) is 0 Å². The maximum atomic E-state index is 13.3. The third-order valence-corrected chi connectivity index (χ3v) is 7.32. The Hall–Kier alpha value is -4.50. The van der Waals surface area contributed by atoms with Crippen LogP contribution in [-0.2, 0) is 9.84 Å². The molecule has 0 bridgehead atoms. The van der Waals surface area contributed by atoms with Gasteiger partial charge < -0.3 is 4.98 Å². The maximum absolute atomic E-state index is 13.3. The minimum atomic E-state index is -3.84. The molecule has 5 aromatic rings. The number of fused-ring (bicyclic) bond motifs is 1. The van der Waals surface area contributed by atoms with Gasteiger partial charge in [-0.3, -0.25) is 0 Å². The van der Waals surface area contributed by atoms with Crippen molar-refractivity contribution in [3.8, 4) is 5.69 Å². The molecule has 1 aliphatic rings. The van der Waals surface area contributed by atoms with Crippen molar-refractivity contribution in [2.24, 2.45) is 5.10 Å². The van der Waals surface area contributed by atoms with Gasteiger partial charge in [0, 0.05) is 12.6 Å². The van der Waals surface area contributed by atoms with Gasteiger partial charge in [-0.15, -0.1) is 0 Å². The average Bonchev–Trinajstić information content (AvgIpc) is 3.57. The summed E-state index contributed by atoms with van der Waals surface area (Å²) >= 11 is 0. The van der Waals surface area contributed by atoms with E-state index in [1.807, 2.05) is 71.6 Å². The fourth-order valence-electron chi connectivity index (χ4n) is 4.03. The summed E-state index contributed by atoms with van der Waals surface area (Å²) in [5.74, 6) is 0. The number of hydrogen-bond acceptors (Lipinski definition) is 6. The van der Waals surface area contributed by atoms with Crippen molar-refractivity contribution in [2.75, 3.05) is 5.01 Å². The van der Waals surface area contributed by atoms with Crippen LogP contribution in [-0.4, -0.2) is 33.9 Å². The van der Waals surface area contributed by atoms with Gasteiger partial charge in [-0.1, -0.05) is 42.5 Å². The van der Waals surface area contributed by atoms with Crippen molar-refractivity contribution >= 4 is 32.3 Å². The second-order valence-corrected chi connectivity index (χ2v) is 9.87. The fourth-order valence-corrected chi connectivity index (χ4v) is 5.25. The topological polar surface area (TPSA) is 96.2 Å². The molecule has 0 radical (unpaired) electrons. The highest BCUT2D eigenvalue weighted by atomic mass is 32.2. The first-order valence-electron chi connectivity index (χ1n) is 11.0. The van der Waals surface area contributed by atoms with Gasteiger partial charge in [0.25, 0.3) is 0 Å². The molecule has 0 atom stereocenters. The van der Waals surface area contributed by atoms with E-state index in [-0.39, 0.29) is 10.1 Å². The van der Waals surface area contributed by atoms with Gasteiger partial charge in [0.15, 0.2) is 0 Å². The van der Waals surface area contributed by atoms with Gasteiger partial charge in [-0.05, 0) is 48.5 Å². The van der Waals surface area contributed by atoms with Gasteiger partial charge in [-0.25, -0.2) is 23.1 Å². The molecule has 0 amide bonds. The van der Waals surface area contributed by atoms with Gasteiger partial charge in [-0.2, -0.15) is 10.2 Å². The van der Waals surface area contributed by atoms with Gasteiger partial charge in [0.2, 0.25) is 15.0 Å². The van der Waals surface area contributed by atoms with Crippen molar-refractivity contribution < 1.29 is 8.42 Å². The van der Waals surface area contributed by atoms with E-state index in [1.54, 1.807) is 41.5 Å². The quantitative estimate of drug-likeness (QED) is 0.393. The van der Waals surface area contributed by atoms with Gasteiger partial charge in [0.1, 0.15) is 0 Å². The number of allylic oxidation sites excluding steroid dienone is 1. The molecule has 2 aromatic heterocycles. The number of imidazole rings is 1. The minimum Gasteiger partial charge on any atom is -0.328 e. The molecule has 8 nitrogen and oxygen atoms in total.